The molecule has 110 valence electrons. The van der Waals surface area contributed by atoms with E-state index in [1.165, 1.54) is 0 Å². The zero-order valence-corrected chi connectivity index (χ0v) is 11.8. The SMILES string of the molecule is Cl.NC(=O)NCc1ccc(NC(=O)C2CCCN2)cc1. The molecular formula is C13H19ClN4O2. The lowest BCUT2D eigenvalue weighted by Crippen LogP contribution is -2.35. The predicted octanol–water partition coefficient (Wildman–Crippen LogP) is 0.967. The van der Waals surface area contributed by atoms with E-state index in [0.29, 0.717) is 6.54 Å². The van der Waals surface area contributed by atoms with Gasteiger partial charge in [-0.3, -0.25) is 4.79 Å². The average Bonchev–Trinajstić information content (AvgIpc) is 2.92. The number of hydrogen-bond acceptors (Lipinski definition) is 3. The van der Waals surface area contributed by atoms with Crippen LogP contribution in [0.4, 0.5) is 10.5 Å². The molecule has 0 spiro atoms. The molecule has 2 rings (SSSR count). The van der Waals surface area contributed by atoms with Gasteiger partial charge in [0.2, 0.25) is 5.91 Å². The van der Waals surface area contributed by atoms with Crippen LogP contribution in [0.5, 0.6) is 0 Å². The summed E-state index contributed by atoms with van der Waals surface area (Å²) in [6, 6.07) is 6.66. The molecule has 1 atom stereocenters. The number of nitrogens with two attached hydrogens (primary N) is 1. The Labute approximate surface area is 123 Å². The van der Waals surface area contributed by atoms with Gasteiger partial charge < -0.3 is 21.7 Å². The summed E-state index contributed by atoms with van der Waals surface area (Å²) < 4.78 is 0. The van der Waals surface area contributed by atoms with E-state index in [4.69, 9.17) is 5.73 Å². The Kier molecular flexibility index (Phi) is 6.27. The summed E-state index contributed by atoms with van der Waals surface area (Å²) >= 11 is 0. The number of benzene rings is 1. The van der Waals surface area contributed by atoms with Gasteiger partial charge in [-0.2, -0.15) is 0 Å². The summed E-state index contributed by atoms with van der Waals surface area (Å²) in [5.41, 5.74) is 6.67. The van der Waals surface area contributed by atoms with Crippen LogP contribution in [-0.4, -0.2) is 24.5 Å². The van der Waals surface area contributed by atoms with Gasteiger partial charge in [-0.05, 0) is 37.1 Å². The number of carbonyl (C=O) groups excluding carboxylic acids is 2. The van der Waals surface area contributed by atoms with Crippen LogP contribution in [0.15, 0.2) is 24.3 Å². The molecule has 0 aromatic heterocycles. The van der Waals surface area contributed by atoms with Crippen molar-refractivity contribution >= 4 is 30.0 Å². The molecule has 1 aliphatic heterocycles. The Hall–Kier alpha value is -1.79. The highest BCUT2D eigenvalue weighted by molar-refractivity contribution is 5.95. The van der Waals surface area contributed by atoms with Crippen molar-refractivity contribution in [3.05, 3.63) is 29.8 Å². The molecule has 1 aromatic rings. The average molecular weight is 299 g/mol. The van der Waals surface area contributed by atoms with Crippen LogP contribution >= 0.6 is 12.4 Å². The highest BCUT2D eigenvalue weighted by Crippen LogP contribution is 2.12. The second-order valence-electron chi connectivity index (χ2n) is 4.55. The molecule has 0 aliphatic carbocycles. The van der Waals surface area contributed by atoms with Crippen molar-refractivity contribution in [2.75, 3.05) is 11.9 Å². The lowest BCUT2D eigenvalue weighted by atomic mass is 10.2. The first-order chi connectivity index (χ1) is 9.15. The van der Waals surface area contributed by atoms with Crippen molar-refractivity contribution < 1.29 is 9.59 Å². The lowest BCUT2D eigenvalue weighted by molar-refractivity contribution is -0.117. The Morgan fingerprint density at radius 1 is 1.30 bits per heavy atom. The number of urea groups is 1. The van der Waals surface area contributed by atoms with Crippen LogP contribution in [0.1, 0.15) is 18.4 Å². The van der Waals surface area contributed by atoms with Crippen molar-refractivity contribution in [3.8, 4) is 0 Å². The first-order valence-electron chi connectivity index (χ1n) is 6.31. The number of nitrogens with one attached hydrogen (secondary N) is 3. The van der Waals surface area contributed by atoms with Crippen molar-refractivity contribution in [1.29, 1.82) is 0 Å². The summed E-state index contributed by atoms with van der Waals surface area (Å²) in [4.78, 5) is 22.4. The highest BCUT2D eigenvalue weighted by atomic mass is 35.5. The van der Waals surface area contributed by atoms with Crippen LogP contribution in [0.25, 0.3) is 0 Å². The topological polar surface area (TPSA) is 96.2 Å². The smallest absolute Gasteiger partial charge is 0.312 e. The Bertz CT molecular complexity index is 458. The van der Waals surface area contributed by atoms with E-state index >= 15 is 0 Å². The molecule has 1 fully saturated rings. The van der Waals surface area contributed by atoms with Crippen molar-refractivity contribution in [2.45, 2.75) is 25.4 Å². The van der Waals surface area contributed by atoms with E-state index < -0.39 is 6.03 Å². The number of carbonyl (C=O) groups is 2. The van der Waals surface area contributed by atoms with Gasteiger partial charge in [0.05, 0.1) is 6.04 Å². The largest absolute Gasteiger partial charge is 0.352 e. The Morgan fingerprint density at radius 3 is 2.55 bits per heavy atom. The van der Waals surface area contributed by atoms with E-state index in [9.17, 15) is 9.59 Å². The Morgan fingerprint density at radius 2 is 2.00 bits per heavy atom. The number of primary amides is 1. The number of hydrogen-bond donors (Lipinski definition) is 4. The normalized spacial score (nSPS) is 17.1. The van der Waals surface area contributed by atoms with Gasteiger partial charge in [0, 0.05) is 12.2 Å². The standard InChI is InChI=1S/C13H18N4O2.ClH/c14-13(19)16-8-9-3-5-10(6-4-9)17-12(18)11-2-1-7-15-11;/h3-6,11,15H,1-2,7-8H2,(H,17,18)(H3,14,16,19);1H. The minimum absolute atomic E-state index is 0. The first-order valence-corrected chi connectivity index (χ1v) is 6.31. The fourth-order valence-electron chi connectivity index (χ4n) is 2.03. The van der Waals surface area contributed by atoms with E-state index in [2.05, 4.69) is 16.0 Å². The number of halogens is 1. The maximum absolute atomic E-state index is 11.9. The van der Waals surface area contributed by atoms with Crippen LogP contribution in [0, 0.1) is 0 Å². The van der Waals surface area contributed by atoms with Crippen molar-refractivity contribution in [1.82, 2.24) is 10.6 Å². The van der Waals surface area contributed by atoms with E-state index in [-0.39, 0.29) is 24.4 Å². The minimum atomic E-state index is -0.551. The molecule has 20 heavy (non-hydrogen) atoms. The summed E-state index contributed by atoms with van der Waals surface area (Å²) in [5.74, 6) is 0.000473. The van der Waals surface area contributed by atoms with Crippen molar-refractivity contribution in [2.24, 2.45) is 5.73 Å². The highest BCUT2D eigenvalue weighted by Gasteiger charge is 2.21. The van der Waals surface area contributed by atoms with Crippen LogP contribution in [0.3, 0.4) is 0 Å². The van der Waals surface area contributed by atoms with Gasteiger partial charge in [-0.15, -0.1) is 12.4 Å². The van der Waals surface area contributed by atoms with E-state index in [1.54, 1.807) is 0 Å². The monoisotopic (exact) mass is 298 g/mol. The third-order valence-electron chi connectivity index (χ3n) is 3.07. The molecule has 0 radical (unpaired) electrons. The lowest BCUT2D eigenvalue weighted by Gasteiger charge is -2.11. The molecule has 5 N–H and O–H groups in total. The first kappa shape index (κ1) is 16.3. The molecule has 7 heteroatoms. The molecule has 6 nitrogen and oxygen atoms in total. The second-order valence-corrected chi connectivity index (χ2v) is 4.55. The van der Waals surface area contributed by atoms with Crippen molar-refractivity contribution in [3.63, 3.8) is 0 Å². The third-order valence-corrected chi connectivity index (χ3v) is 3.07. The fourth-order valence-corrected chi connectivity index (χ4v) is 2.03. The summed E-state index contributed by atoms with van der Waals surface area (Å²) in [6.07, 6.45) is 1.92. The fraction of sp³-hybridized carbons (Fsp3) is 0.385. The molecule has 1 aromatic carbocycles. The van der Waals surface area contributed by atoms with Crippen LogP contribution in [0.2, 0.25) is 0 Å². The summed E-state index contributed by atoms with van der Waals surface area (Å²) in [5, 5.41) is 8.52. The zero-order valence-electron chi connectivity index (χ0n) is 11.0. The predicted molar refractivity (Wildman–Crippen MR) is 79.8 cm³/mol. The quantitative estimate of drug-likeness (QED) is 0.667. The second kappa shape index (κ2) is 7.72. The van der Waals surface area contributed by atoms with Gasteiger partial charge in [0.15, 0.2) is 0 Å². The summed E-state index contributed by atoms with van der Waals surface area (Å²) in [7, 11) is 0. The number of anilines is 1. The molecule has 0 saturated carbocycles. The van der Waals surface area contributed by atoms with Gasteiger partial charge >= 0.3 is 6.03 Å². The van der Waals surface area contributed by atoms with E-state index in [0.717, 1.165) is 30.6 Å². The maximum atomic E-state index is 11.9. The molecule has 3 amide bonds. The number of rotatable bonds is 4. The van der Waals surface area contributed by atoms with Gasteiger partial charge in [-0.1, -0.05) is 12.1 Å². The Balaban J connectivity index is 0.00000200. The molecule has 1 unspecified atom stereocenters. The molecule has 1 saturated heterocycles. The molecular weight excluding hydrogens is 280 g/mol. The van der Waals surface area contributed by atoms with Gasteiger partial charge in [-0.25, -0.2) is 4.79 Å². The van der Waals surface area contributed by atoms with Gasteiger partial charge in [0.25, 0.3) is 0 Å². The van der Waals surface area contributed by atoms with Crippen LogP contribution < -0.4 is 21.7 Å². The third kappa shape index (κ3) is 4.71. The molecule has 1 heterocycles. The molecule has 0 bridgehead atoms. The molecule has 1 aliphatic rings. The summed E-state index contributed by atoms with van der Waals surface area (Å²) in [6.45, 7) is 1.28. The number of amides is 3. The van der Waals surface area contributed by atoms with Gasteiger partial charge in [0.1, 0.15) is 0 Å². The maximum Gasteiger partial charge on any atom is 0.312 e. The zero-order chi connectivity index (χ0) is 13.7. The van der Waals surface area contributed by atoms with E-state index in [1.807, 2.05) is 24.3 Å². The minimum Gasteiger partial charge on any atom is -0.352 e. The van der Waals surface area contributed by atoms with Crippen LogP contribution in [-0.2, 0) is 11.3 Å².